The fourth-order valence-electron chi connectivity index (χ4n) is 1.55. The zero-order valence-electron chi connectivity index (χ0n) is 9.35. The maximum absolute atomic E-state index is 4.09. The number of tetrazole rings is 1. The lowest BCUT2D eigenvalue weighted by Crippen LogP contribution is -2.30. The second kappa shape index (κ2) is 4.67. The number of rotatable bonds is 6. The van der Waals surface area contributed by atoms with E-state index in [0.29, 0.717) is 6.54 Å². The van der Waals surface area contributed by atoms with Crippen molar-refractivity contribution < 1.29 is 0 Å². The number of hydrogen-bond donors (Lipinski definition) is 1. The van der Waals surface area contributed by atoms with Gasteiger partial charge < -0.3 is 10.2 Å². The molecule has 1 aliphatic rings. The quantitative estimate of drug-likeness (QED) is 0.635. The van der Waals surface area contributed by atoms with Crippen molar-refractivity contribution in [3.05, 3.63) is 5.82 Å². The Bertz CT molecular complexity index is 305. The molecule has 0 radical (unpaired) electrons. The molecule has 15 heavy (non-hydrogen) atoms. The third-order valence-electron chi connectivity index (χ3n) is 2.64. The Kier molecular flexibility index (Phi) is 3.27. The third kappa shape index (κ3) is 3.24. The van der Waals surface area contributed by atoms with Gasteiger partial charge in [0.25, 0.3) is 0 Å². The van der Waals surface area contributed by atoms with Gasteiger partial charge in [-0.25, -0.2) is 0 Å². The van der Waals surface area contributed by atoms with Crippen LogP contribution < -0.4 is 5.32 Å². The second-order valence-electron chi connectivity index (χ2n) is 4.08. The number of likely N-dealkylation sites (N-methyl/N-ethyl adjacent to an activating group) is 1. The Balaban J connectivity index is 1.58. The number of aryl methyl sites for hydroxylation is 1. The van der Waals surface area contributed by atoms with Crippen molar-refractivity contribution in [1.82, 2.24) is 30.4 Å². The summed E-state index contributed by atoms with van der Waals surface area (Å²) >= 11 is 0. The SMILES string of the molecule is CN(CCNCc1nnn(C)n1)C1CC1. The highest BCUT2D eigenvalue weighted by Gasteiger charge is 2.25. The van der Waals surface area contributed by atoms with Crippen molar-refractivity contribution in [3.8, 4) is 0 Å². The molecule has 2 rings (SSSR count). The molecule has 1 aromatic heterocycles. The standard InChI is InChI=1S/C9H18N6/c1-14(8-3-4-8)6-5-10-7-9-11-13-15(2)12-9/h8,10H,3-7H2,1-2H3. The second-order valence-corrected chi connectivity index (χ2v) is 4.08. The molecular formula is C9H18N6. The first-order valence-corrected chi connectivity index (χ1v) is 5.39. The lowest BCUT2D eigenvalue weighted by Gasteiger charge is -2.15. The molecule has 0 amide bonds. The summed E-state index contributed by atoms with van der Waals surface area (Å²) in [6.45, 7) is 2.77. The van der Waals surface area contributed by atoms with E-state index < -0.39 is 0 Å². The van der Waals surface area contributed by atoms with Crippen LogP contribution in [0.25, 0.3) is 0 Å². The lowest BCUT2D eigenvalue weighted by atomic mass is 10.5. The van der Waals surface area contributed by atoms with Gasteiger partial charge in [-0.15, -0.1) is 10.2 Å². The van der Waals surface area contributed by atoms with Crippen LogP contribution in [0, 0.1) is 0 Å². The molecule has 0 aliphatic heterocycles. The zero-order chi connectivity index (χ0) is 10.7. The molecule has 1 aromatic rings. The van der Waals surface area contributed by atoms with Crippen molar-refractivity contribution >= 4 is 0 Å². The number of aromatic nitrogens is 4. The predicted molar refractivity (Wildman–Crippen MR) is 56.2 cm³/mol. The van der Waals surface area contributed by atoms with E-state index in [1.54, 1.807) is 7.05 Å². The van der Waals surface area contributed by atoms with Gasteiger partial charge in [0.1, 0.15) is 0 Å². The van der Waals surface area contributed by atoms with Crippen LogP contribution in [0.3, 0.4) is 0 Å². The molecule has 0 atom stereocenters. The van der Waals surface area contributed by atoms with E-state index in [1.807, 2.05) is 0 Å². The van der Waals surface area contributed by atoms with Crippen LogP contribution in [-0.2, 0) is 13.6 Å². The molecule has 1 aliphatic carbocycles. The summed E-state index contributed by atoms with van der Waals surface area (Å²) in [6, 6.07) is 0.835. The molecule has 0 saturated heterocycles. The molecule has 0 unspecified atom stereocenters. The number of nitrogens with one attached hydrogen (secondary N) is 1. The van der Waals surface area contributed by atoms with Crippen molar-refractivity contribution in [2.45, 2.75) is 25.4 Å². The summed E-state index contributed by atoms with van der Waals surface area (Å²) < 4.78 is 0. The molecule has 84 valence electrons. The van der Waals surface area contributed by atoms with Gasteiger partial charge in [0.2, 0.25) is 0 Å². The van der Waals surface area contributed by atoms with Crippen LogP contribution in [0.2, 0.25) is 0 Å². The molecule has 0 spiro atoms. The first-order chi connectivity index (χ1) is 7.25. The Labute approximate surface area is 89.6 Å². The Morgan fingerprint density at radius 3 is 2.93 bits per heavy atom. The van der Waals surface area contributed by atoms with E-state index in [2.05, 4.69) is 32.7 Å². The molecule has 6 heteroatoms. The Morgan fingerprint density at radius 1 is 1.53 bits per heavy atom. The highest BCUT2D eigenvalue weighted by molar-refractivity contribution is 4.82. The van der Waals surface area contributed by atoms with Crippen LogP contribution in [0.15, 0.2) is 0 Å². The minimum Gasteiger partial charge on any atom is -0.308 e. The van der Waals surface area contributed by atoms with Gasteiger partial charge in [0.15, 0.2) is 5.82 Å². The smallest absolute Gasteiger partial charge is 0.188 e. The topological polar surface area (TPSA) is 58.9 Å². The van der Waals surface area contributed by atoms with E-state index in [1.165, 1.54) is 17.6 Å². The van der Waals surface area contributed by atoms with Crippen LogP contribution in [-0.4, -0.2) is 51.3 Å². The van der Waals surface area contributed by atoms with Gasteiger partial charge in [0.05, 0.1) is 13.6 Å². The van der Waals surface area contributed by atoms with Gasteiger partial charge in [0, 0.05) is 19.1 Å². The van der Waals surface area contributed by atoms with Gasteiger partial charge in [-0.05, 0) is 25.1 Å². The summed E-state index contributed by atoms with van der Waals surface area (Å²) in [5, 5.41) is 15.1. The van der Waals surface area contributed by atoms with Crippen molar-refractivity contribution in [3.63, 3.8) is 0 Å². The minimum atomic E-state index is 0.701. The third-order valence-corrected chi connectivity index (χ3v) is 2.64. The average molecular weight is 210 g/mol. The van der Waals surface area contributed by atoms with Gasteiger partial charge in [-0.3, -0.25) is 0 Å². The van der Waals surface area contributed by atoms with E-state index in [0.717, 1.165) is 25.0 Å². The molecule has 6 nitrogen and oxygen atoms in total. The molecule has 1 N–H and O–H groups in total. The number of nitrogens with zero attached hydrogens (tertiary/aromatic N) is 5. The Morgan fingerprint density at radius 2 is 2.33 bits per heavy atom. The van der Waals surface area contributed by atoms with Crippen molar-refractivity contribution in [2.24, 2.45) is 7.05 Å². The van der Waals surface area contributed by atoms with E-state index in [9.17, 15) is 0 Å². The van der Waals surface area contributed by atoms with Crippen LogP contribution in [0.1, 0.15) is 18.7 Å². The maximum Gasteiger partial charge on any atom is 0.188 e. The Hall–Kier alpha value is -1.01. The van der Waals surface area contributed by atoms with E-state index in [-0.39, 0.29) is 0 Å². The highest BCUT2D eigenvalue weighted by Crippen LogP contribution is 2.24. The van der Waals surface area contributed by atoms with Crippen molar-refractivity contribution in [1.29, 1.82) is 0 Å². The molecule has 1 heterocycles. The van der Waals surface area contributed by atoms with Gasteiger partial charge in [-0.1, -0.05) is 0 Å². The minimum absolute atomic E-state index is 0.701. The average Bonchev–Trinajstić information content (AvgIpc) is 2.98. The fourth-order valence-corrected chi connectivity index (χ4v) is 1.55. The molecular weight excluding hydrogens is 192 g/mol. The predicted octanol–water partition coefficient (Wildman–Crippen LogP) is -0.606. The van der Waals surface area contributed by atoms with E-state index in [4.69, 9.17) is 0 Å². The first kappa shape index (κ1) is 10.5. The lowest BCUT2D eigenvalue weighted by molar-refractivity contribution is 0.321. The monoisotopic (exact) mass is 210 g/mol. The summed E-state index contributed by atoms with van der Waals surface area (Å²) in [7, 11) is 3.96. The molecule has 1 saturated carbocycles. The normalized spacial score (nSPS) is 16.2. The number of hydrogen-bond acceptors (Lipinski definition) is 5. The maximum atomic E-state index is 4.09. The first-order valence-electron chi connectivity index (χ1n) is 5.39. The highest BCUT2D eigenvalue weighted by atomic mass is 15.6. The van der Waals surface area contributed by atoms with Gasteiger partial charge >= 0.3 is 0 Å². The zero-order valence-corrected chi connectivity index (χ0v) is 9.35. The fraction of sp³-hybridized carbons (Fsp3) is 0.889. The van der Waals surface area contributed by atoms with Gasteiger partial charge in [-0.2, -0.15) is 4.80 Å². The summed E-state index contributed by atoms with van der Waals surface area (Å²) in [6.07, 6.45) is 2.73. The molecule has 0 aromatic carbocycles. The molecule has 0 bridgehead atoms. The molecule has 1 fully saturated rings. The summed E-state index contributed by atoms with van der Waals surface area (Å²) in [5.41, 5.74) is 0. The van der Waals surface area contributed by atoms with Crippen LogP contribution >= 0.6 is 0 Å². The van der Waals surface area contributed by atoms with Crippen LogP contribution in [0.5, 0.6) is 0 Å². The largest absolute Gasteiger partial charge is 0.308 e. The van der Waals surface area contributed by atoms with E-state index >= 15 is 0 Å². The van der Waals surface area contributed by atoms with Crippen LogP contribution in [0.4, 0.5) is 0 Å². The van der Waals surface area contributed by atoms with Crippen molar-refractivity contribution in [2.75, 3.05) is 20.1 Å². The summed E-state index contributed by atoms with van der Waals surface area (Å²) in [4.78, 5) is 3.88. The summed E-state index contributed by atoms with van der Waals surface area (Å²) in [5.74, 6) is 0.756.